The SMILES string of the molecule is O=C(NCCO)c1cccc(-c2cn3c(NC(=O)c4cccs4)cnc3cn2)c1. The van der Waals surface area contributed by atoms with Gasteiger partial charge in [0.25, 0.3) is 11.8 Å². The number of carbonyl (C=O) groups is 2. The third kappa shape index (κ3) is 4.00. The number of aromatic nitrogens is 3. The van der Waals surface area contributed by atoms with Gasteiger partial charge >= 0.3 is 0 Å². The van der Waals surface area contributed by atoms with Crippen molar-refractivity contribution in [3.63, 3.8) is 0 Å². The minimum atomic E-state index is -0.270. The van der Waals surface area contributed by atoms with Gasteiger partial charge < -0.3 is 15.7 Å². The van der Waals surface area contributed by atoms with E-state index < -0.39 is 0 Å². The maximum Gasteiger partial charge on any atom is 0.266 e. The number of benzene rings is 1. The molecule has 0 saturated heterocycles. The Morgan fingerprint density at radius 3 is 2.79 bits per heavy atom. The summed E-state index contributed by atoms with van der Waals surface area (Å²) in [4.78, 5) is 33.8. The number of thiophene rings is 1. The highest BCUT2D eigenvalue weighted by Gasteiger charge is 2.13. The third-order valence-corrected chi connectivity index (χ3v) is 5.07. The van der Waals surface area contributed by atoms with Crippen molar-refractivity contribution in [2.75, 3.05) is 18.5 Å². The van der Waals surface area contributed by atoms with E-state index in [1.165, 1.54) is 11.3 Å². The van der Waals surface area contributed by atoms with Crippen LogP contribution in [0.1, 0.15) is 20.0 Å². The number of nitrogens with one attached hydrogen (secondary N) is 2. The second kappa shape index (κ2) is 8.21. The summed E-state index contributed by atoms with van der Waals surface area (Å²) in [6.45, 7) is 0.0693. The van der Waals surface area contributed by atoms with Gasteiger partial charge in [0, 0.05) is 23.9 Å². The van der Waals surface area contributed by atoms with E-state index in [1.807, 2.05) is 17.5 Å². The number of nitrogens with zero attached hydrogens (tertiary/aromatic N) is 3. The van der Waals surface area contributed by atoms with Crippen LogP contribution in [0.3, 0.4) is 0 Å². The minimum Gasteiger partial charge on any atom is -0.395 e. The zero-order chi connectivity index (χ0) is 20.2. The summed E-state index contributed by atoms with van der Waals surface area (Å²) < 4.78 is 1.74. The molecule has 3 heterocycles. The highest BCUT2D eigenvalue weighted by molar-refractivity contribution is 7.12. The van der Waals surface area contributed by atoms with Gasteiger partial charge in [-0.3, -0.25) is 19.0 Å². The second-order valence-electron chi connectivity index (χ2n) is 6.14. The lowest BCUT2D eigenvalue weighted by atomic mass is 10.1. The van der Waals surface area contributed by atoms with Gasteiger partial charge in [0.1, 0.15) is 5.82 Å². The van der Waals surface area contributed by atoms with Gasteiger partial charge in [-0.1, -0.05) is 18.2 Å². The van der Waals surface area contributed by atoms with Gasteiger partial charge in [-0.2, -0.15) is 0 Å². The summed E-state index contributed by atoms with van der Waals surface area (Å²) in [5.41, 5.74) is 2.42. The number of fused-ring (bicyclic) bond motifs is 1. The van der Waals surface area contributed by atoms with E-state index in [1.54, 1.807) is 47.3 Å². The zero-order valence-corrected chi connectivity index (χ0v) is 16.0. The van der Waals surface area contributed by atoms with E-state index in [0.717, 1.165) is 5.56 Å². The van der Waals surface area contributed by atoms with Gasteiger partial charge in [0.15, 0.2) is 5.65 Å². The van der Waals surface area contributed by atoms with E-state index in [-0.39, 0.29) is 25.0 Å². The van der Waals surface area contributed by atoms with Crippen molar-refractivity contribution in [1.82, 2.24) is 19.7 Å². The van der Waals surface area contributed by atoms with Crippen molar-refractivity contribution in [2.45, 2.75) is 0 Å². The largest absolute Gasteiger partial charge is 0.395 e. The Hall–Kier alpha value is -3.56. The molecule has 0 aliphatic rings. The van der Waals surface area contributed by atoms with Crippen LogP contribution < -0.4 is 10.6 Å². The lowest BCUT2D eigenvalue weighted by molar-refractivity contribution is 0.0944. The average Bonchev–Trinajstić information content (AvgIpc) is 3.42. The van der Waals surface area contributed by atoms with Gasteiger partial charge in [-0.25, -0.2) is 4.98 Å². The summed E-state index contributed by atoms with van der Waals surface area (Å²) >= 11 is 1.36. The van der Waals surface area contributed by atoms with Crippen LogP contribution in [0.2, 0.25) is 0 Å². The molecule has 3 N–H and O–H groups in total. The molecule has 9 heteroatoms. The Labute approximate surface area is 169 Å². The molecule has 4 rings (SSSR count). The molecule has 146 valence electrons. The summed E-state index contributed by atoms with van der Waals surface area (Å²) in [5.74, 6) is 0.0510. The Morgan fingerprint density at radius 1 is 1.10 bits per heavy atom. The van der Waals surface area contributed by atoms with Crippen LogP contribution in [0.5, 0.6) is 0 Å². The fourth-order valence-corrected chi connectivity index (χ4v) is 3.43. The highest BCUT2D eigenvalue weighted by Crippen LogP contribution is 2.21. The number of amides is 2. The van der Waals surface area contributed by atoms with E-state index in [2.05, 4.69) is 20.6 Å². The van der Waals surface area contributed by atoms with Crippen molar-refractivity contribution >= 4 is 34.6 Å². The Kier molecular flexibility index (Phi) is 5.32. The number of hydrogen-bond acceptors (Lipinski definition) is 6. The maximum atomic E-state index is 12.4. The topological polar surface area (TPSA) is 109 Å². The van der Waals surface area contributed by atoms with Gasteiger partial charge in [-0.15, -0.1) is 11.3 Å². The lowest BCUT2D eigenvalue weighted by Gasteiger charge is -2.08. The predicted octanol–water partition coefficient (Wildman–Crippen LogP) is 2.43. The monoisotopic (exact) mass is 407 g/mol. The van der Waals surface area contributed by atoms with Crippen molar-refractivity contribution in [1.29, 1.82) is 0 Å². The van der Waals surface area contributed by atoms with Crippen molar-refractivity contribution in [3.8, 4) is 11.3 Å². The first-order valence-electron chi connectivity index (χ1n) is 8.83. The Balaban J connectivity index is 1.64. The number of imidazole rings is 1. The molecule has 0 spiro atoms. The van der Waals surface area contributed by atoms with Crippen molar-refractivity contribution in [3.05, 3.63) is 70.8 Å². The summed E-state index contributed by atoms with van der Waals surface area (Å²) in [6, 6.07) is 10.6. The van der Waals surface area contributed by atoms with Crippen LogP contribution in [0.15, 0.2) is 60.4 Å². The molecule has 0 bridgehead atoms. The number of aliphatic hydroxyl groups is 1. The molecule has 0 saturated carbocycles. The first kappa shape index (κ1) is 18.8. The van der Waals surface area contributed by atoms with Crippen LogP contribution in [0, 0.1) is 0 Å². The third-order valence-electron chi connectivity index (χ3n) is 4.20. The molecule has 0 unspecified atom stereocenters. The van der Waals surface area contributed by atoms with E-state index in [9.17, 15) is 9.59 Å². The molecule has 3 aromatic heterocycles. The number of carbonyl (C=O) groups excluding carboxylic acids is 2. The molecular weight excluding hydrogens is 390 g/mol. The first-order valence-corrected chi connectivity index (χ1v) is 9.71. The standard InChI is InChI=1S/C20H17N5O3S/c26-7-6-21-19(27)14-4-1-3-13(9-14)15-12-25-17(10-22-15)23-11-18(25)24-20(28)16-5-2-8-29-16/h1-5,8-12,26H,6-7H2,(H,21,27)(H,24,28). The number of anilines is 1. The van der Waals surface area contributed by atoms with Crippen molar-refractivity contribution < 1.29 is 14.7 Å². The number of rotatable bonds is 6. The fraction of sp³-hybridized carbons (Fsp3) is 0.100. The van der Waals surface area contributed by atoms with E-state index in [4.69, 9.17) is 5.11 Å². The molecule has 8 nitrogen and oxygen atoms in total. The summed E-state index contributed by atoms with van der Waals surface area (Å²) in [7, 11) is 0. The number of hydrogen-bond donors (Lipinski definition) is 3. The molecule has 2 amide bonds. The van der Waals surface area contributed by atoms with Crippen LogP contribution in [0.25, 0.3) is 16.9 Å². The van der Waals surface area contributed by atoms with E-state index in [0.29, 0.717) is 27.6 Å². The van der Waals surface area contributed by atoms with Gasteiger partial charge in [0.2, 0.25) is 0 Å². The molecule has 0 atom stereocenters. The summed E-state index contributed by atoms with van der Waals surface area (Å²) in [5, 5.41) is 16.2. The minimum absolute atomic E-state index is 0.121. The van der Waals surface area contributed by atoms with Crippen molar-refractivity contribution in [2.24, 2.45) is 0 Å². The second-order valence-corrected chi connectivity index (χ2v) is 7.08. The fourth-order valence-electron chi connectivity index (χ4n) is 2.81. The molecule has 0 aliphatic heterocycles. The highest BCUT2D eigenvalue weighted by atomic mass is 32.1. The maximum absolute atomic E-state index is 12.4. The first-order chi connectivity index (χ1) is 14.2. The molecule has 4 aromatic rings. The van der Waals surface area contributed by atoms with Crippen LogP contribution in [-0.4, -0.2) is 44.4 Å². The van der Waals surface area contributed by atoms with Gasteiger partial charge in [-0.05, 0) is 23.6 Å². The van der Waals surface area contributed by atoms with Gasteiger partial charge in [0.05, 0.1) is 29.6 Å². The molecule has 0 fully saturated rings. The van der Waals surface area contributed by atoms with E-state index >= 15 is 0 Å². The zero-order valence-electron chi connectivity index (χ0n) is 15.2. The number of aliphatic hydroxyl groups excluding tert-OH is 1. The predicted molar refractivity (Wildman–Crippen MR) is 110 cm³/mol. The van der Waals surface area contributed by atoms with Crippen LogP contribution in [-0.2, 0) is 0 Å². The summed E-state index contributed by atoms with van der Waals surface area (Å²) in [6.07, 6.45) is 4.94. The Morgan fingerprint density at radius 2 is 2.00 bits per heavy atom. The molecule has 0 radical (unpaired) electrons. The average molecular weight is 407 g/mol. The van der Waals surface area contributed by atoms with Crippen LogP contribution >= 0.6 is 11.3 Å². The quantitative estimate of drug-likeness (QED) is 0.455. The Bertz CT molecular complexity index is 1170. The molecule has 0 aliphatic carbocycles. The molecule has 29 heavy (non-hydrogen) atoms. The van der Waals surface area contributed by atoms with Crippen LogP contribution in [0.4, 0.5) is 5.82 Å². The smallest absolute Gasteiger partial charge is 0.266 e. The normalized spacial score (nSPS) is 10.8. The molecular formula is C20H17N5O3S. The molecule has 1 aromatic carbocycles. The lowest BCUT2D eigenvalue weighted by Crippen LogP contribution is -2.26.